The Morgan fingerprint density at radius 1 is 1.15 bits per heavy atom. The van der Waals surface area contributed by atoms with Crippen molar-refractivity contribution in [3.8, 4) is 0 Å². The molecular formula is C21H18N2O3S. The molecule has 0 aliphatic rings. The molecule has 2 aromatic heterocycles. The Kier molecular flexibility index (Phi) is 4.73. The third-order valence-electron chi connectivity index (χ3n) is 4.36. The van der Waals surface area contributed by atoms with Crippen LogP contribution in [-0.4, -0.2) is 22.5 Å². The van der Waals surface area contributed by atoms with Gasteiger partial charge in [-0.05, 0) is 30.7 Å². The zero-order chi connectivity index (χ0) is 18.8. The van der Waals surface area contributed by atoms with E-state index in [1.54, 1.807) is 24.9 Å². The third kappa shape index (κ3) is 3.36. The Morgan fingerprint density at radius 2 is 1.96 bits per heavy atom. The number of aromatic nitrogens is 2. The highest BCUT2D eigenvalue weighted by atomic mass is 32.2. The molecule has 0 radical (unpaired) electrons. The quantitative estimate of drug-likeness (QED) is 0.397. The average molecular weight is 378 g/mol. The molecule has 5 nitrogen and oxygen atoms in total. The van der Waals surface area contributed by atoms with Crippen molar-refractivity contribution in [1.82, 2.24) is 9.97 Å². The van der Waals surface area contributed by atoms with Crippen LogP contribution in [0.25, 0.3) is 21.8 Å². The molecule has 4 rings (SSSR count). The lowest BCUT2D eigenvalue weighted by Gasteiger charge is -2.07. The van der Waals surface area contributed by atoms with Crippen LogP contribution in [0.3, 0.4) is 0 Å². The highest BCUT2D eigenvalue weighted by molar-refractivity contribution is 7.98. The van der Waals surface area contributed by atoms with E-state index in [9.17, 15) is 9.59 Å². The number of hydrogen-bond acceptors (Lipinski definition) is 4. The third-order valence-corrected chi connectivity index (χ3v) is 5.42. The van der Waals surface area contributed by atoms with E-state index < -0.39 is 5.97 Å². The number of carbonyl (C=O) groups is 1. The number of esters is 1. The molecule has 136 valence electrons. The first-order chi connectivity index (χ1) is 13.2. The molecule has 0 fully saturated rings. The van der Waals surface area contributed by atoms with E-state index in [1.165, 1.54) is 5.56 Å². The molecule has 2 aromatic carbocycles. The topological polar surface area (TPSA) is 75.0 Å². The molecule has 0 spiro atoms. The summed E-state index contributed by atoms with van der Waals surface area (Å²) >= 11 is 1.71. The molecule has 2 N–H and O–H groups in total. The van der Waals surface area contributed by atoms with Gasteiger partial charge in [0.2, 0.25) is 0 Å². The van der Waals surface area contributed by atoms with Crippen molar-refractivity contribution in [1.29, 1.82) is 0 Å². The monoisotopic (exact) mass is 378 g/mol. The van der Waals surface area contributed by atoms with Crippen LogP contribution in [0, 0.1) is 0 Å². The molecule has 0 unspecified atom stereocenters. The zero-order valence-corrected chi connectivity index (χ0v) is 15.6. The lowest BCUT2D eigenvalue weighted by molar-refractivity contribution is 0.0529. The largest absolute Gasteiger partial charge is 0.462 e. The molecule has 2 heterocycles. The summed E-state index contributed by atoms with van der Waals surface area (Å²) in [7, 11) is 0. The second-order valence-electron chi connectivity index (χ2n) is 6.11. The van der Waals surface area contributed by atoms with E-state index in [0.29, 0.717) is 22.0 Å². The van der Waals surface area contributed by atoms with Gasteiger partial charge in [-0.2, -0.15) is 0 Å². The van der Waals surface area contributed by atoms with Gasteiger partial charge in [0.05, 0.1) is 12.2 Å². The minimum absolute atomic E-state index is 0.252. The summed E-state index contributed by atoms with van der Waals surface area (Å²) in [6, 6.07) is 16.1. The van der Waals surface area contributed by atoms with Crippen LogP contribution in [0.4, 0.5) is 0 Å². The predicted molar refractivity (Wildman–Crippen MR) is 108 cm³/mol. The second-order valence-corrected chi connectivity index (χ2v) is 7.16. The molecule has 0 bridgehead atoms. The standard InChI is InChI=1S/C21H18N2O3S/c1-2-26-21(25)16-11-22-19-18(16)15-10-14(8-9-17(15)23-20(19)24)27-12-13-6-4-3-5-7-13/h3-11,22H,2,12H2,1H3,(H,23,24). The molecule has 6 heteroatoms. The first-order valence-electron chi connectivity index (χ1n) is 8.68. The maximum absolute atomic E-state index is 12.3. The van der Waals surface area contributed by atoms with Crippen molar-refractivity contribution in [2.24, 2.45) is 0 Å². The van der Waals surface area contributed by atoms with Gasteiger partial charge >= 0.3 is 5.97 Å². The number of thioether (sulfide) groups is 1. The summed E-state index contributed by atoms with van der Waals surface area (Å²) < 4.78 is 5.14. The lowest BCUT2D eigenvalue weighted by atomic mass is 10.1. The van der Waals surface area contributed by atoms with Gasteiger partial charge in [0.15, 0.2) is 0 Å². The van der Waals surface area contributed by atoms with Crippen LogP contribution in [0.15, 0.2) is 64.4 Å². The van der Waals surface area contributed by atoms with E-state index in [-0.39, 0.29) is 12.2 Å². The number of nitrogens with one attached hydrogen (secondary N) is 2. The number of H-pyrrole nitrogens is 2. The van der Waals surface area contributed by atoms with Crippen molar-refractivity contribution in [3.05, 3.63) is 76.2 Å². The Balaban J connectivity index is 1.80. The summed E-state index contributed by atoms with van der Waals surface area (Å²) in [5.74, 6) is 0.412. The molecule has 0 saturated heterocycles. The molecule has 0 amide bonds. The fraction of sp³-hybridized carbons (Fsp3) is 0.143. The Labute approximate surface area is 159 Å². The second kappa shape index (κ2) is 7.32. The summed E-state index contributed by atoms with van der Waals surface area (Å²) in [6.07, 6.45) is 1.54. The molecule has 0 aliphatic carbocycles. The maximum atomic E-state index is 12.3. The van der Waals surface area contributed by atoms with Crippen LogP contribution in [0.2, 0.25) is 0 Å². The number of rotatable bonds is 5. The highest BCUT2D eigenvalue weighted by Crippen LogP contribution is 2.30. The minimum Gasteiger partial charge on any atom is -0.462 e. The fourth-order valence-electron chi connectivity index (χ4n) is 3.11. The number of hydrogen-bond donors (Lipinski definition) is 2. The van der Waals surface area contributed by atoms with Gasteiger partial charge in [0.1, 0.15) is 5.52 Å². The van der Waals surface area contributed by atoms with E-state index in [2.05, 4.69) is 22.1 Å². The smallest absolute Gasteiger partial charge is 0.340 e. The number of ether oxygens (including phenoxy) is 1. The number of pyridine rings is 1. The van der Waals surface area contributed by atoms with Crippen LogP contribution in [0.5, 0.6) is 0 Å². The lowest BCUT2D eigenvalue weighted by Crippen LogP contribution is -2.08. The number of carbonyl (C=O) groups excluding carboxylic acids is 1. The fourth-order valence-corrected chi connectivity index (χ4v) is 4.00. The number of fused-ring (bicyclic) bond motifs is 3. The first kappa shape index (κ1) is 17.4. The van der Waals surface area contributed by atoms with Gasteiger partial charge in [-0.1, -0.05) is 30.3 Å². The molecule has 4 aromatic rings. The van der Waals surface area contributed by atoms with E-state index in [1.807, 2.05) is 36.4 Å². The minimum atomic E-state index is -0.432. The normalized spacial score (nSPS) is 11.1. The van der Waals surface area contributed by atoms with Gasteiger partial charge in [-0.15, -0.1) is 11.8 Å². The maximum Gasteiger partial charge on any atom is 0.340 e. The van der Waals surface area contributed by atoms with Gasteiger partial charge in [-0.25, -0.2) is 4.79 Å². The number of benzene rings is 2. The van der Waals surface area contributed by atoms with Gasteiger partial charge in [0.25, 0.3) is 5.56 Å². The average Bonchev–Trinajstić information content (AvgIpc) is 3.14. The van der Waals surface area contributed by atoms with Crippen molar-refractivity contribution < 1.29 is 9.53 Å². The van der Waals surface area contributed by atoms with Gasteiger partial charge in [0, 0.05) is 33.1 Å². The van der Waals surface area contributed by atoms with Crippen LogP contribution >= 0.6 is 11.8 Å². The van der Waals surface area contributed by atoms with Crippen LogP contribution in [0.1, 0.15) is 22.8 Å². The van der Waals surface area contributed by atoms with Crippen molar-refractivity contribution >= 4 is 39.5 Å². The molecule has 0 saturated carbocycles. The van der Waals surface area contributed by atoms with Gasteiger partial charge < -0.3 is 14.7 Å². The summed E-state index contributed by atoms with van der Waals surface area (Å²) in [4.78, 5) is 31.5. The van der Waals surface area contributed by atoms with E-state index in [0.717, 1.165) is 16.0 Å². The van der Waals surface area contributed by atoms with Crippen molar-refractivity contribution in [2.45, 2.75) is 17.6 Å². The Bertz CT molecular complexity index is 1180. The first-order valence-corrected chi connectivity index (χ1v) is 9.67. The van der Waals surface area contributed by atoms with E-state index >= 15 is 0 Å². The summed E-state index contributed by atoms with van der Waals surface area (Å²) in [5, 5.41) is 1.43. The van der Waals surface area contributed by atoms with Crippen molar-refractivity contribution in [2.75, 3.05) is 6.61 Å². The Hall–Kier alpha value is -2.99. The highest BCUT2D eigenvalue weighted by Gasteiger charge is 2.18. The zero-order valence-electron chi connectivity index (χ0n) is 14.7. The van der Waals surface area contributed by atoms with Gasteiger partial charge in [-0.3, -0.25) is 4.79 Å². The summed E-state index contributed by atoms with van der Waals surface area (Å²) in [6.45, 7) is 2.04. The van der Waals surface area contributed by atoms with Crippen molar-refractivity contribution in [3.63, 3.8) is 0 Å². The molecule has 27 heavy (non-hydrogen) atoms. The van der Waals surface area contributed by atoms with E-state index in [4.69, 9.17) is 4.74 Å². The molecule has 0 aliphatic heterocycles. The predicted octanol–water partition coefficient (Wildman–Crippen LogP) is 4.48. The molecular weight excluding hydrogens is 360 g/mol. The summed E-state index contributed by atoms with van der Waals surface area (Å²) in [5.41, 5.74) is 2.45. The molecule has 0 atom stereocenters. The van der Waals surface area contributed by atoms with Crippen LogP contribution < -0.4 is 5.56 Å². The van der Waals surface area contributed by atoms with Crippen LogP contribution in [-0.2, 0) is 10.5 Å². The number of aromatic amines is 2. The SMILES string of the molecule is CCOC(=O)c1c[nH]c2c(=O)[nH]c3ccc(SCc4ccccc4)cc3c12. The Morgan fingerprint density at radius 3 is 2.74 bits per heavy atom.